The monoisotopic (exact) mass is 346 g/mol. The molecule has 0 saturated heterocycles. The number of benzene rings is 1. The zero-order chi connectivity index (χ0) is 18.1. The van der Waals surface area contributed by atoms with E-state index in [2.05, 4.69) is 4.74 Å². The van der Waals surface area contributed by atoms with Gasteiger partial charge in [-0.1, -0.05) is 12.1 Å². The van der Waals surface area contributed by atoms with Crippen molar-refractivity contribution in [3.8, 4) is 17.6 Å². The quantitative estimate of drug-likeness (QED) is 0.917. The Morgan fingerprint density at radius 2 is 2.00 bits per heavy atom. The molecule has 1 aromatic heterocycles. The highest BCUT2D eigenvalue weighted by molar-refractivity contribution is 5.54. The third-order valence-electron chi connectivity index (χ3n) is 3.70. The maximum Gasteiger partial charge on any atom is 0.387 e. The lowest BCUT2D eigenvalue weighted by molar-refractivity contribution is -0.0498. The first-order valence-corrected chi connectivity index (χ1v) is 7.17. The third kappa shape index (κ3) is 3.04. The first kappa shape index (κ1) is 16.5. The molecule has 0 unspecified atom stereocenters. The summed E-state index contributed by atoms with van der Waals surface area (Å²) in [7, 11) is 0. The van der Waals surface area contributed by atoms with Crippen LogP contribution in [0.5, 0.6) is 11.5 Å². The minimum absolute atomic E-state index is 0.0335. The Bertz CT molecular complexity index is 943. The van der Waals surface area contributed by atoms with Gasteiger partial charge in [-0.15, -0.1) is 0 Å². The van der Waals surface area contributed by atoms with Crippen molar-refractivity contribution in [3.63, 3.8) is 0 Å². The van der Waals surface area contributed by atoms with Gasteiger partial charge in [-0.25, -0.2) is 4.79 Å². The molecule has 0 radical (unpaired) electrons. The SMILES string of the molecule is Cc1cc2c(c(=O)o1)[C@H](c1ccc(OC(F)F)cc1)C(C#N)=C(N)O2. The van der Waals surface area contributed by atoms with E-state index in [0.29, 0.717) is 11.3 Å². The van der Waals surface area contributed by atoms with Crippen LogP contribution >= 0.6 is 0 Å². The first-order valence-electron chi connectivity index (χ1n) is 7.17. The number of allylic oxidation sites excluding steroid dienone is 1. The molecule has 0 bridgehead atoms. The molecule has 1 aliphatic heterocycles. The highest BCUT2D eigenvalue weighted by Gasteiger charge is 2.34. The summed E-state index contributed by atoms with van der Waals surface area (Å²) >= 11 is 0. The molecule has 1 aliphatic rings. The van der Waals surface area contributed by atoms with Gasteiger partial charge in [-0.05, 0) is 24.6 Å². The van der Waals surface area contributed by atoms with Crippen LogP contribution in [0.4, 0.5) is 8.78 Å². The average molecular weight is 346 g/mol. The van der Waals surface area contributed by atoms with Crippen LogP contribution in [-0.4, -0.2) is 6.61 Å². The molecule has 0 aliphatic carbocycles. The second-order valence-electron chi connectivity index (χ2n) is 5.29. The molecule has 2 heterocycles. The third-order valence-corrected chi connectivity index (χ3v) is 3.70. The van der Waals surface area contributed by atoms with Gasteiger partial charge < -0.3 is 19.6 Å². The van der Waals surface area contributed by atoms with Gasteiger partial charge in [0.05, 0.1) is 11.5 Å². The van der Waals surface area contributed by atoms with Gasteiger partial charge in [0, 0.05) is 6.07 Å². The lowest BCUT2D eigenvalue weighted by Gasteiger charge is -2.25. The van der Waals surface area contributed by atoms with Gasteiger partial charge in [-0.3, -0.25) is 0 Å². The zero-order valence-electron chi connectivity index (χ0n) is 13.0. The van der Waals surface area contributed by atoms with Gasteiger partial charge in [0.1, 0.15) is 28.9 Å². The van der Waals surface area contributed by atoms with Crippen LogP contribution in [0.3, 0.4) is 0 Å². The van der Waals surface area contributed by atoms with Gasteiger partial charge in [0.15, 0.2) is 0 Å². The van der Waals surface area contributed by atoms with Gasteiger partial charge in [0.2, 0.25) is 5.88 Å². The molecular weight excluding hydrogens is 334 g/mol. The number of hydrogen-bond donors (Lipinski definition) is 1. The van der Waals surface area contributed by atoms with Crippen molar-refractivity contribution in [1.29, 1.82) is 5.26 Å². The Balaban J connectivity index is 2.14. The molecule has 0 saturated carbocycles. The molecule has 0 spiro atoms. The fourth-order valence-corrected chi connectivity index (χ4v) is 2.69. The Morgan fingerprint density at radius 3 is 2.60 bits per heavy atom. The number of fused-ring (bicyclic) bond motifs is 1. The minimum atomic E-state index is -2.95. The predicted octanol–water partition coefficient (Wildman–Crippen LogP) is 2.77. The molecule has 0 fully saturated rings. The summed E-state index contributed by atoms with van der Waals surface area (Å²) in [5.74, 6) is -0.471. The van der Waals surface area contributed by atoms with Crippen molar-refractivity contribution >= 4 is 0 Å². The van der Waals surface area contributed by atoms with E-state index >= 15 is 0 Å². The first-order chi connectivity index (χ1) is 11.9. The van der Waals surface area contributed by atoms with E-state index in [1.165, 1.54) is 30.3 Å². The maximum absolute atomic E-state index is 12.3. The van der Waals surface area contributed by atoms with Crippen molar-refractivity contribution in [2.45, 2.75) is 19.5 Å². The molecule has 8 heteroatoms. The number of nitrogens with zero attached hydrogens (tertiary/aromatic N) is 1. The summed E-state index contributed by atoms with van der Waals surface area (Å²) in [5.41, 5.74) is 5.79. The average Bonchev–Trinajstić information content (AvgIpc) is 2.53. The van der Waals surface area contributed by atoms with Gasteiger partial charge >= 0.3 is 12.2 Å². The molecule has 1 aromatic carbocycles. The van der Waals surface area contributed by atoms with Gasteiger partial charge in [-0.2, -0.15) is 14.0 Å². The summed E-state index contributed by atoms with van der Waals surface area (Å²) in [4.78, 5) is 12.3. The van der Waals surface area contributed by atoms with E-state index in [1.807, 2.05) is 6.07 Å². The smallest absolute Gasteiger partial charge is 0.387 e. The number of halogens is 2. The molecule has 3 rings (SSSR count). The Morgan fingerprint density at radius 1 is 1.32 bits per heavy atom. The fraction of sp³-hybridized carbons (Fsp3) is 0.176. The minimum Gasteiger partial charge on any atom is -0.440 e. The molecule has 128 valence electrons. The van der Waals surface area contributed by atoms with E-state index in [4.69, 9.17) is 14.9 Å². The van der Waals surface area contributed by atoms with Crippen molar-refractivity contribution in [2.75, 3.05) is 0 Å². The van der Waals surface area contributed by atoms with Crippen LogP contribution in [0.2, 0.25) is 0 Å². The van der Waals surface area contributed by atoms with E-state index in [9.17, 15) is 18.8 Å². The molecule has 25 heavy (non-hydrogen) atoms. The summed E-state index contributed by atoms with van der Waals surface area (Å²) in [5, 5.41) is 9.41. The zero-order valence-corrected chi connectivity index (χ0v) is 13.0. The Hall–Kier alpha value is -3.34. The van der Waals surface area contributed by atoms with Crippen molar-refractivity contribution in [3.05, 3.63) is 69.1 Å². The van der Waals surface area contributed by atoms with Crippen molar-refractivity contribution in [2.24, 2.45) is 5.73 Å². The normalized spacial score (nSPS) is 16.2. The number of rotatable bonds is 3. The molecule has 6 nitrogen and oxygen atoms in total. The van der Waals surface area contributed by atoms with Crippen LogP contribution in [0.25, 0.3) is 0 Å². The number of alkyl halides is 2. The topological polar surface area (TPSA) is 98.5 Å². The van der Waals surface area contributed by atoms with Gasteiger partial charge in [0.25, 0.3) is 0 Å². The predicted molar refractivity (Wildman–Crippen MR) is 82.1 cm³/mol. The van der Waals surface area contributed by atoms with E-state index < -0.39 is 18.2 Å². The van der Waals surface area contributed by atoms with E-state index in [1.54, 1.807) is 6.92 Å². The van der Waals surface area contributed by atoms with Crippen LogP contribution in [0.15, 0.2) is 51.0 Å². The lowest BCUT2D eigenvalue weighted by Crippen LogP contribution is -2.26. The number of nitrogens with two attached hydrogens (primary N) is 1. The van der Waals surface area contributed by atoms with Crippen molar-refractivity contribution < 1.29 is 22.7 Å². The lowest BCUT2D eigenvalue weighted by atomic mass is 9.84. The van der Waals surface area contributed by atoms with Crippen LogP contribution < -0.4 is 20.8 Å². The molecule has 1 atom stereocenters. The standard InChI is InChI=1S/C17H12F2N2O4/c1-8-6-12-14(16(22)23-8)13(11(7-20)15(21)25-12)9-2-4-10(5-3-9)24-17(18)19/h2-6,13,17H,21H2,1H3/t13-/m1/s1. The van der Waals surface area contributed by atoms with E-state index in [-0.39, 0.29) is 28.5 Å². The summed E-state index contributed by atoms with van der Waals surface area (Å²) in [6.45, 7) is -1.37. The Labute approximate surface area is 140 Å². The Kier molecular flexibility index (Phi) is 4.15. The summed E-state index contributed by atoms with van der Waals surface area (Å²) in [6.07, 6.45) is 0. The van der Waals surface area contributed by atoms with Crippen LogP contribution in [-0.2, 0) is 0 Å². The van der Waals surface area contributed by atoms with E-state index in [0.717, 1.165) is 0 Å². The van der Waals surface area contributed by atoms with Crippen molar-refractivity contribution in [1.82, 2.24) is 0 Å². The fourth-order valence-electron chi connectivity index (χ4n) is 2.69. The number of ether oxygens (including phenoxy) is 2. The molecular formula is C17H12F2N2O4. The second-order valence-corrected chi connectivity index (χ2v) is 5.29. The largest absolute Gasteiger partial charge is 0.440 e. The summed E-state index contributed by atoms with van der Waals surface area (Å²) in [6, 6.07) is 9.01. The number of aryl methyl sites for hydroxylation is 1. The number of hydrogen-bond acceptors (Lipinski definition) is 6. The second kappa shape index (κ2) is 6.28. The maximum atomic E-state index is 12.3. The molecule has 2 N–H and O–H groups in total. The van der Waals surface area contributed by atoms with Crippen LogP contribution in [0.1, 0.15) is 22.8 Å². The summed E-state index contributed by atoms with van der Waals surface area (Å²) < 4.78 is 39.3. The highest BCUT2D eigenvalue weighted by Crippen LogP contribution is 2.40. The molecule has 2 aromatic rings. The highest BCUT2D eigenvalue weighted by atomic mass is 19.3. The molecule has 0 amide bonds. The number of nitriles is 1. The van der Waals surface area contributed by atoms with Crippen LogP contribution in [0, 0.1) is 18.3 Å².